The molecule has 0 spiro atoms. The highest BCUT2D eigenvalue weighted by Gasteiger charge is 2.08. The number of nitrogens with two attached hydrogens (primary N) is 1. The number of carbonyl (C=O) groups is 1. The lowest BCUT2D eigenvalue weighted by atomic mass is 10.1. The molecule has 6 nitrogen and oxygen atoms in total. The van der Waals surface area contributed by atoms with Crippen molar-refractivity contribution in [3.63, 3.8) is 0 Å². The molecule has 182 valence electrons. The minimum absolute atomic E-state index is 0.164. The van der Waals surface area contributed by atoms with E-state index in [1.165, 1.54) is 0 Å². The number of methoxy groups -OCH3 is 2. The number of nitrogens with one attached hydrogen (secondary N) is 2. The van der Waals surface area contributed by atoms with Gasteiger partial charge in [-0.05, 0) is 59.2 Å². The van der Waals surface area contributed by atoms with E-state index in [4.69, 9.17) is 15.2 Å². The van der Waals surface area contributed by atoms with Crippen molar-refractivity contribution in [3.8, 4) is 11.5 Å². The monoisotopic (exact) mass is 479 g/mol. The van der Waals surface area contributed by atoms with Gasteiger partial charge in [-0.15, -0.1) is 0 Å². The van der Waals surface area contributed by atoms with Crippen LogP contribution in [0, 0.1) is 0 Å². The zero-order valence-corrected chi connectivity index (χ0v) is 20.3. The minimum atomic E-state index is -0.164. The third kappa shape index (κ3) is 6.24. The number of nitrogen functional groups attached to an aromatic ring is 1. The van der Waals surface area contributed by atoms with Crippen LogP contribution in [-0.2, 0) is 6.54 Å². The fourth-order valence-corrected chi connectivity index (χ4v) is 3.70. The molecular formula is C30H29N3O3. The highest BCUT2D eigenvalue weighted by molar-refractivity contribution is 6.04. The largest absolute Gasteiger partial charge is 0.493 e. The number of carbonyl (C=O) groups excluding carboxylic acids is 1. The van der Waals surface area contributed by atoms with Crippen LogP contribution in [0.2, 0.25) is 0 Å². The third-order valence-electron chi connectivity index (χ3n) is 5.69. The first-order valence-corrected chi connectivity index (χ1v) is 11.5. The molecule has 0 atom stereocenters. The Morgan fingerprint density at radius 2 is 1.58 bits per heavy atom. The van der Waals surface area contributed by atoms with E-state index >= 15 is 0 Å². The van der Waals surface area contributed by atoms with Gasteiger partial charge in [0.05, 0.1) is 14.2 Å². The van der Waals surface area contributed by atoms with Gasteiger partial charge in [0.25, 0.3) is 5.91 Å². The lowest BCUT2D eigenvalue weighted by molar-refractivity contribution is 0.102. The van der Waals surface area contributed by atoms with E-state index in [9.17, 15) is 4.79 Å². The smallest absolute Gasteiger partial charge is 0.255 e. The number of ether oxygens (including phenoxy) is 2. The van der Waals surface area contributed by atoms with Crippen molar-refractivity contribution in [1.29, 1.82) is 0 Å². The molecule has 0 aliphatic heterocycles. The number of hydrogen-bond donors (Lipinski definition) is 3. The summed E-state index contributed by atoms with van der Waals surface area (Å²) in [4.78, 5) is 12.8. The Morgan fingerprint density at radius 1 is 0.806 bits per heavy atom. The molecule has 0 unspecified atom stereocenters. The van der Waals surface area contributed by atoms with Gasteiger partial charge in [-0.1, -0.05) is 54.6 Å². The maximum atomic E-state index is 12.8. The van der Waals surface area contributed by atoms with Crippen LogP contribution in [0.15, 0.2) is 91.0 Å². The van der Waals surface area contributed by atoms with Crippen LogP contribution in [-0.4, -0.2) is 20.1 Å². The molecule has 4 aromatic rings. The maximum absolute atomic E-state index is 12.8. The standard InChI is InChI=1S/C30H29N3O3/c1-35-28-17-16-25(19-29(28)36-2)32-20-22-11-14-24(15-12-22)30(34)33-26-8-5-6-21(18-26)10-13-23-7-3-4-9-27(23)31/h3-19,32H,20,31H2,1-2H3,(H,33,34). The van der Waals surface area contributed by atoms with Gasteiger partial charge in [-0.25, -0.2) is 0 Å². The third-order valence-corrected chi connectivity index (χ3v) is 5.69. The van der Waals surface area contributed by atoms with E-state index in [1.54, 1.807) is 14.2 Å². The molecule has 0 fully saturated rings. The van der Waals surface area contributed by atoms with E-state index in [1.807, 2.05) is 103 Å². The van der Waals surface area contributed by atoms with Gasteiger partial charge in [0.2, 0.25) is 0 Å². The zero-order chi connectivity index (χ0) is 25.3. The summed E-state index contributed by atoms with van der Waals surface area (Å²) >= 11 is 0. The van der Waals surface area contributed by atoms with Crippen molar-refractivity contribution in [2.75, 3.05) is 30.6 Å². The lowest BCUT2D eigenvalue weighted by Gasteiger charge is -2.12. The Bertz CT molecular complexity index is 1360. The summed E-state index contributed by atoms with van der Waals surface area (Å²) in [7, 11) is 3.22. The average molecular weight is 480 g/mol. The number of amides is 1. The fraction of sp³-hybridized carbons (Fsp3) is 0.100. The number of hydrogen-bond acceptors (Lipinski definition) is 5. The Morgan fingerprint density at radius 3 is 2.33 bits per heavy atom. The van der Waals surface area contributed by atoms with E-state index in [2.05, 4.69) is 10.6 Å². The van der Waals surface area contributed by atoms with Crippen LogP contribution < -0.4 is 25.8 Å². The summed E-state index contributed by atoms with van der Waals surface area (Å²) in [5.74, 6) is 1.18. The van der Waals surface area contributed by atoms with Crippen molar-refractivity contribution >= 4 is 35.1 Å². The predicted molar refractivity (Wildman–Crippen MR) is 147 cm³/mol. The summed E-state index contributed by atoms with van der Waals surface area (Å²) in [6, 6.07) is 28.6. The molecule has 0 aliphatic carbocycles. The molecule has 0 saturated heterocycles. The minimum Gasteiger partial charge on any atom is -0.493 e. The van der Waals surface area contributed by atoms with Crippen LogP contribution in [0.1, 0.15) is 27.0 Å². The Labute approximate surface area is 211 Å². The zero-order valence-electron chi connectivity index (χ0n) is 20.3. The Balaban J connectivity index is 1.36. The van der Waals surface area contributed by atoms with Crippen molar-refractivity contribution in [2.24, 2.45) is 0 Å². The van der Waals surface area contributed by atoms with Gasteiger partial charge in [-0.3, -0.25) is 4.79 Å². The van der Waals surface area contributed by atoms with Crippen molar-refractivity contribution in [2.45, 2.75) is 6.54 Å². The van der Waals surface area contributed by atoms with Crippen LogP contribution in [0.5, 0.6) is 11.5 Å². The molecule has 36 heavy (non-hydrogen) atoms. The predicted octanol–water partition coefficient (Wildman–Crippen LogP) is 6.32. The molecule has 0 radical (unpaired) electrons. The van der Waals surface area contributed by atoms with Gasteiger partial charge in [0.1, 0.15) is 0 Å². The summed E-state index contributed by atoms with van der Waals surface area (Å²) < 4.78 is 10.6. The van der Waals surface area contributed by atoms with Crippen molar-refractivity contribution in [1.82, 2.24) is 0 Å². The van der Waals surface area contributed by atoms with Crippen molar-refractivity contribution in [3.05, 3.63) is 113 Å². The molecule has 1 amide bonds. The molecule has 0 saturated carbocycles. The second-order valence-electron chi connectivity index (χ2n) is 8.16. The lowest BCUT2D eigenvalue weighted by Crippen LogP contribution is -2.12. The van der Waals surface area contributed by atoms with Gasteiger partial charge < -0.3 is 25.8 Å². The SMILES string of the molecule is COc1ccc(NCc2ccc(C(=O)Nc3cccc(C=Cc4ccccc4N)c3)cc2)cc1OC. The second-order valence-corrected chi connectivity index (χ2v) is 8.16. The Hall–Kier alpha value is -4.71. The quantitative estimate of drug-likeness (QED) is 0.193. The molecule has 0 bridgehead atoms. The molecule has 0 aromatic heterocycles. The van der Waals surface area contributed by atoms with E-state index < -0.39 is 0 Å². The Kier molecular flexibility index (Phi) is 7.88. The van der Waals surface area contributed by atoms with Gasteiger partial charge >= 0.3 is 0 Å². The number of benzene rings is 4. The topological polar surface area (TPSA) is 85.6 Å². The van der Waals surface area contributed by atoms with E-state index in [0.29, 0.717) is 23.6 Å². The van der Waals surface area contributed by atoms with Gasteiger partial charge in [0.15, 0.2) is 11.5 Å². The van der Waals surface area contributed by atoms with Crippen LogP contribution in [0.25, 0.3) is 12.2 Å². The normalized spacial score (nSPS) is 10.7. The van der Waals surface area contributed by atoms with E-state index in [-0.39, 0.29) is 5.91 Å². The van der Waals surface area contributed by atoms with E-state index in [0.717, 1.165) is 33.8 Å². The van der Waals surface area contributed by atoms with Crippen molar-refractivity contribution < 1.29 is 14.3 Å². The molecular weight excluding hydrogens is 450 g/mol. The highest BCUT2D eigenvalue weighted by atomic mass is 16.5. The summed E-state index contributed by atoms with van der Waals surface area (Å²) in [6.07, 6.45) is 3.94. The molecule has 4 N–H and O–H groups in total. The first-order valence-electron chi connectivity index (χ1n) is 11.5. The van der Waals surface area contributed by atoms with Crippen LogP contribution in [0.3, 0.4) is 0 Å². The number of para-hydroxylation sites is 1. The molecule has 6 heteroatoms. The summed E-state index contributed by atoms with van der Waals surface area (Å²) in [6.45, 7) is 0.609. The maximum Gasteiger partial charge on any atom is 0.255 e. The fourth-order valence-electron chi connectivity index (χ4n) is 3.70. The number of anilines is 3. The van der Waals surface area contributed by atoms with Gasteiger partial charge in [-0.2, -0.15) is 0 Å². The molecule has 4 aromatic carbocycles. The summed E-state index contributed by atoms with van der Waals surface area (Å²) in [5.41, 5.74) is 11.9. The van der Waals surface area contributed by atoms with Crippen LogP contribution in [0.4, 0.5) is 17.1 Å². The molecule has 4 rings (SSSR count). The summed E-state index contributed by atoms with van der Waals surface area (Å²) in [5, 5.41) is 6.33. The highest BCUT2D eigenvalue weighted by Crippen LogP contribution is 2.30. The first kappa shape index (κ1) is 24.4. The molecule has 0 heterocycles. The number of rotatable bonds is 9. The van der Waals surface area contributed by atoms with Gasteiger partial charge in [0, 0.05) is 35.2 Å². The van der Waals surface area contributed by atoms with Crippen LogP contribution >= 0.6 is 0 Å². The first-order chi connectivity index (χ1) is 17.6. The average Bonchev–Trinajstić information content (AvgIpc) is 2.91. The molecule has 0 aliphatic rings. The second kappa shape index (κ2) is 11.6.